The molecule has 0 saturated heterocycles. The molecule has 0 bridgehead atoms. The Bertz CT molecular complexity index is 472. The van der Waals surface area contributed by atoms with Crippen molar-refractivity contribution in [3.8, 4) is 0 Å². The number of nitro groups is 1. The topological polar surface area (TPSA) is 84.3 Å². The molecule has 0 aliphatic heterocycles. The van der Waals surface area contributed by atoms with E-state index in [4.69, 9.17) is 0 Å². The van der Waals surface area contributed by atoms with Gasteiger partial charge in [0, 0.05) is 12.6 Å². The van der Waals surface area contributed by atoms with Gasteiger partial charge >= 0.3 is 0 Å². The van der Waals surface area contributed by atoms with E-state index in [0.717, 1.165) is 5.56 Å². The first-order chi connectivity index (χ1) is 8.90. The SMILES string of the molecule is Cc1ccc(NCC(=O)NCC(C)C)c([N+](=O)[O-])c1. The number of amides is 1. The van der Waals surface area contributed by atoms with E-state index in [2.05, 4.69) is 10.6 Å². The molecule has 0 spiro atoms. The van der Waals surface area contributed by atoms with E-state index in [1.807, 2.05) is 13.8 Å². The van der Waals surface area contributed by atoms with Crippen molar-refractivity contribution in [3.63, 3.8) is 0 Å². The molecule has 6 heteroatoms. The molecule has 0 aliphatic carbocycles. The van der Waals surface area contributed by atoms with Crippen molar-refractivity contribution >= 4 is 17.3 Å². The molecule has 1 aromatic rings. The van der Waals surface area contributed by atoms with Gasteiger partial charge in [-0.25, -0.2) is 0 Å². The minimum atomic E-state index is -0.457. The van der Waals surface area contributed by atoms with Gasteiger partial charge in [0.1, 0.15) is 5.69 Å². The maximum atomic E-state index is 11.5. The number of nitrogens with one attached hydrogen (secondary N) is 2. The monoisotopic (exact) mass is 265 g/mol. The lowest BCUT2D eigenvalue weighted by atomic mass is 10.2. The van der Waals surface area contributed by atoms with E-state index >= 15 is 0 Å². The van der Waals surface area contributed by atoms with E-state index < -0.39 is 4.92 Å². The third-order valence-electron chi connectivity index (χ3n) is 2.50. The minimum absolute atomic E-state index is 0.0170. The van der Waals surface area contributed by atoms with Crippen LogP contribution >= 0.6 is 0 Å². The second-order valence-corrected chi connectivity index (χ2v) is 4.83. The van der Waals surface area contributed by atoms with Crippen LogP contribution in [0, 0.1) is 23.0 Å². The van der Waals surface area contributed by atoms with Crippen molar-refractivity contribution in [2.75, 3.05) is 18.4 Å². The van der Waals surface area contributed by atoms with Crippen molar-refractivity contribution in [3.05, 3.63) is 33.9 Å². The molecule has 0 heterocycles. The number of hydrogen-bond donors (Lipinski definition) is 2. The highest BCUT2D eigenvalue weighted by Gasteiger charge is 2.14. The number of hydrogen-bond acceptors (Lipinski definition) is 4. The van der Waals surface area contributed by atoms with Crippen LogP contribution in [0.3, 0.4) is 0 Å². The van der Waals surface area contributed by atoms with Gasteiger partial charge in [-0.2, -0.15) is 0 Å². The van der Waals surface area contributed by atoms with Crippen molar-refractivity contribution in [2.24, 2.45) is 5.92 Å². The molecule has 6 nitrogen and oxygen atoms in total. The van der Waals surface area contributed by atoms with Gasteiger partial charge in [0.15, 0.2) is 0 Å². The highest BCUT2D eigenvalue weighted by molar-refractivity contribution is 5.81. The predicted molar refractivity (Wildman–Crippen MR) is 74.2 cm³/mol. The zero-order valence-electron chi connectivity index (χ0n) is 11.4. The quantitative estimate of drug-likeness (QED) is 0.609. The molecule has 0 radical (unpaired) electrons. The summed E-state index contributed by atoms with van der Waals surface area (Å²) < 4.78 is 0. The highest BCUT2D eigenvalue weighted by atomic mass is 16.6. The Labute approximate surface area is 112 Å². The Kier molecular flexibility index (Phi) is 5.29. The Balaban J connectivity index is 2.62. The second kappa shape index (κ2) is 6.72. The van der Waals surface area contributed by atoms with Crippen LogP contribution in [0.2, 0.25) is 0 Å². The van der Waals surface area contributed by atoms with Crippen molar-refractivity contribution in [2.45, 2.75) is 20.8 Å². The summed E-state index contributed by atoms with van der Waals surface area (Å²) in [6.07, 6.45) is 0. The van der Waals surface area contributed by atoms with Gasteiger partial charge in [0.25, 0.3) is 5.69 Å². The highest BCUT2D eigenvalue weighted by Crippen LogP contribution is 2.24. The molecular formula is C13H19N3O3. The Morgan fingerprint density at radius 3 is 2.68 bits per heavy atom. The van der Waals surface area contributed by atoms with Crippen LogP contribution in [0.5, 0.6) is 0 Å². The molecule has 104 valence electrons. The maximum Gasteiger partial charge on any atom is 0.292 e. The fourth-order valence-corrected chi connectivity index (χ4v) is 1.50. The van der Waals surface area contributed by atoms with Gasteiger partial charge in [-0.15, -0.1) is 0 Å². The molecule has 0 aromatic heterocycles. The summed E-state index contributed by atoms with van der Waals surface area (Å²) in [6, 6.07) is 4.86. The molecule has 1 rings (SSSR count). The summed E-state index contributed by atoms with van der Waals surface area (Å²) in [5.74, 6) is 0.196. The van der Waals surface area contributed by atoms with E-state index in [-0.39, 0.29) is 18.1 Å². The first kappa shape index (κ1) is 14.9. The first-order valence-corrected chi connectivity index (χ1v) is 6.15. The van der Waals surface area contributed by atoms with Gasteiger partial charge in [0.05, 0.1) is 11.5 Å². The fraction of sp³-hybridized carbons (Fsp3) is 0.462. The van der Waals surface area contributed by atoms with Gasteiger partial charge in [-0.05, 0) is 24.5 Å². The van der Waals surface area contributed by atoms with Crippen LogP contribution in [0.15, 0.2) is 18.2 Å². The van der Waals surface area contributed by atoms with E-state index in [1.54, 1.807) is 19.1 Å². The lowest BCUT2D eigenvalue weighted by Gasteiger charge is -2.10. The van der Waals surface area contributed by atoms with Crippen LogP contribution in [-0.4, -0.2) is 23.9 Å². The molecule has 0 fully saturated rings. The summed E-state index contributed by atoms with van der Waals surface area (Å²) >= 11 is 0. The minimum Gasteiger partial charge on any atom is -0.371 e. The van der Waals surface area contributed by atoms with Crippen LogP contribution in [0.4, 0.5) is 11.4 Å². The number of anilines is 1. The summed E-state index contributed by atoms with van der Waals surface area (Å²) in [5.41, 5.74) is 1.15. The Morgan fingerprint density at radius 1 is 1.42 bits per heavy atom. The number of nitrogens with zero attached hydrogens (tertiary/aromatic N) is 1. The van der Waals surface area contributed by atoms with Crippen LogP contribution in [0.25, 0.3) is 0 Å². The third kappa shape index (κ3) is 4.95. The Morgan fingerprint density at radius 2 is 2.11 bits per heavy atom. The number of carbonyl (C=O) groups excluding carboxylic acids is 1. The fourth-order valence-electron chi connectivity index (χ4n) is 1.50. The third-order valence-corrected chi connectivity index (χ3v) is 2.50. The lowest BCUT2D eigenvalue weighted by Crippen LogP contribution is -2.32. The summed E-state index contributed by atoms with van der Waals surface area (Å²) in [5, 5.41) is 16.4. The molecule has 0 aliphatic rings. The van der Waals surface area contributed by atoms with Gasteiger partial charge in [-0.3, -0.25) is 14.9 Å². The molecule has 0 atom stereocenters. The van der Waals surface area contributed by atoms with E-state index in [1.165, 1.54) is 6.07 Å². The van der Waals surface area contributed by atoms with Crippen LogP contribution in [-0.2, 0) is 4.79 Å². The largest absolute Gasteiger partial charge is 0.371 e. The lowest BCUT2D eigenvalue weighted by molar-refractivity contribution is -0.384. The van der Waals surface area contributed by atoms with Gasteiger partial charge in [-0.1, -0.05) is 19.9 Å². The first-order valence-electron chi connectivity index (χ1n) is 6.15. The van der Waals surface area contributed by atoms with E-state index in [0.29, 0.717) is 18.2 Å². The van der Waals surface area contributed by atoms with Crippen LogP contribution < -0.4 is 10.6 Å². The number of nitro benzene ring substituents is 1. The average molecular weight is 265 g/mol. The van der Waals surface area contributed by atoms with Gasteiger partial charge in [0.2, 0.25) is 5.91 Å². The molecule has 0 saturated carbocycles. The summed E-state index contributed by atoms with van der Waals surface area (Å²) in [7, 11) is 0. The van der Waals surface area contributed by atoms with Crippen molar-refractivity contribution < 1.29 is 9.72 Å². The standard InChI is InChI=1S/C13H19N3O3/c1-9(2)7-15-13(17)8-14-11-5-4-10(3)6-12(11)16(18)19/h4-6,9,14H,7-8H2,1-3H3,(H,15,17). The molecule has 0 unspecified atom stereocenters. The molecule has 2 N–H and O–H groups in total. The van der Waals surface area contributed by atoms with Crippen molar-refractivity contribution in [1.82, 2.24) is 5.32 Å². The summed E-state index contributed by atoms with van der Waals surface area (Å²) in [4.78, 5) is 22.0. The molecule has 1 aromatic carbocycles. The van der Waals surface area contributed by atoms with Gasteiger partial charge < -0.3 is 10.6 Å². The van der Waals surface area contributed by atoms with Crippen molar-refractivity contribution in [1.29, 1.82) is 0 Å². The molecule has 1 amide bonds. The number of benzene rings is 1. The number of rotatable bonds is 6. The number of aryl methyl sites for hydroxylation is 1. The molecule has 19 heavy (non-hydrogen) atoms. The van der Waals surface area contributed by atoms with E-state index in [9.17, 15) is 14.9 Å². The molecular weight excluding hydrogens is 246 g/mol. The number of carbonyl (C=O) groups is 1. The zero-order valence-corrected chi connectivity index (χ0v) is 11.4. The zero-order chi connectivity index (χ0) is 14.4. The Hall–Kier alpha value is -2.11. The normalized spacial score (nSPS) is 10.3. The average Bonchev–Trinajstić information content (AvgIpc) is 2.34. The van der Waals surface area contributed by atoms with Crippen LogP contribution in [0.1, 0.15) is 19.4 Å². The summed E-state index contributed by atoms with van der Waals surface area (Å²) in [6.45, 7) is 6.40. The smallest absolute Gasteiger partial charge is 0.292 e. The maximum absolute atomic E-state index is 11.5. The predicted octanol–water partition coefficient (Wildman–Crippen LogP) is 2.09. The second-order valence-electron chi connectivity index (χ2n) is 4.83.